The van der Waals surface area contributed by atoms with Gasteiger partial charge in [-0.2, -0.15) is 0 Å². The summed E-state index contributed by atoms with van der Waals surface area (Å²) in [5.41, 5.74) is 7.47. The number of hydrogen-bond acceptors (Lipinski definition) is 6. The molecule has 1 saturated heterocycles. The third-order valence-corrected chi connectivity index (χ3v) is 7.04. The van der Waals surface area contributed by atoms with E-state index in [-0.39, 0.29) is 18.6 Å². The van der Waals surface area contributed by atoms with Crippen LogP contribution in [-0.4, -0.2) is 37.8 Å². The van der Waals surface area contributed by atoms with Gasteiger partial charge < -0.3 is 4.74 Å². The molecular formula is C18H24N4O3S. The Balaban J connectivity index is 2.01. The van der Waals surface area contributed by atoms with Gasteiger partial charge >= 0.3 is 0 Å². The third-order valence-electron chi connectivity index (χ3n) is 4.58. The van der Waals surface area contributed by atoms with Crippen molar-refractivity contribution in [3.05, 3.63) is 54.4 Å². The lowest BCUT2D eigenvalue weighted by Gasteiger charge is -2.30. The summed E-state index contributed by atoms with van der Waals surface area (Å²) in [4.78, 5) is 4.10. The number of nitrogens with one attached hydrogen (secondary N) is 2. The van der Waals surface area contributed by atoms with Gasteiger partial charge in [0.25, 0.3) is 0 Å². The Bertz CT molecular complexity index is 817. The molecule has 0 saturated carbocycles. The van der Waals surface area contributed by atoms with Gasteiger partial charge in [0, 0.05) is 24.5 Å². The summed E-state index contributed by atoms with van der Waals surface area (Å²) >= 11 is 0. The number of hydrazine groups is 1. The molecule has 1 aromatic heterocycles. The molecule has 140 valence electrons. The van der Waals surface area contributed by atoms with E-state index in [1.54, 1.807) is 49.8 Å². The number of methoxy groups -OCH3 is 1. The molecule has 26 heavy (non-hydrogen) atoms. The molecule has 0 spiro atoms. The van der Waals surface area contributed by atoms with Crippen molar-refractivity contribution in [1.29, 1.82) is 0 Å². The largest absolute Gasteiger partial charge is 0.497 e. The average Bonchev–Trinajstić information content (AvgIpc) is 2.99. The van der Waals surface area contributed by atoms with Gasteiger partial charge in [0.2, 0.25) is 10.0 Å². The van der Waals surface area contributed by atoms with Crippen LogP contribution in [0.2, 0.25) is 0 Å². The number of anilines is 1. The van der Waals surface area contributed by atoms with E-state index in [2.05, 4.69) is 15.8 Å². The normalized spacial score (nSPS) is 23.0. The second-order valence-corrected chi connectivity index (χ2v) is 8.46. The highest BCUT2D eigenvalue weighted by molar-refractivity contribution is 7.93. The van der Waals surface area contributed by atoms with Crippen molar-refractivity contribution < 1.29 is 13.2 Å². The van der Waals surface area contributed by atoms with Crippen molar-refractivity contribution in [2.45, 2.75) is 37.7 Å². The van der Waals surface area contributed by atoms with E-state index < -0.39 is 15.3 Å². The van der Waals surface area contributed by atoms with Gasteiger partial charge in [-0.15, -0.1) is 0 Å². The Hall–Kier alpha value is -2.16. The van der Waals surface area contributed by atoms with E-state index in [9.17, 15) is 8.42 Å². The van der Waals surface area contributed by atoms with Gasteiger partial charge in [-0.1, -0.05) is 6.07 Å². The first-order valence-electron chi connectivity index (χ1n) is 8.49. The molecule has 7 nitrogen and oxygen atoms in total. The Morgan fingerprint density at radius 3 is 2.31 bits per heavy atom. The number of benzene rings is 1. The highest BCUT2D eigenvalue weighted by Crippen LogP contribution is 2.28. The van der Waals surface area contributed by atoms with Crippen LogP contribution in [0.1, 0.15) is 19.4 Å². The summed E-state index contributed by atoms with van der Waals surface area (Å²) in [6.07, 6.45) is 3.36. The number of rotatable bonds is 6. The fraction of sp³-hybridized carbons (Fsp3) is 0.389. The number of aromatic nitrogens is 1. The third kappa shape index (κ3) is 3.67. The van der Waals surface area contributed by atoms with Gasteiger partial charge in [-0.3, -0.25) is 20.1 Å². The van der Waals surface area contributed by atoms with Crippen molar-refractivity contribution in [2.75, 3.05) is 11.4 Å². The molecule has 0 amide bonds. The molecule has 3 rings (SSSR count). The highest BCUT2D eigenvalue weighted by atomic mass is 32.2. The van der Waals surface area contributed by atoms with Crippen molar-refractivity contribution in [3.63, 3.8) is 0 Å². The van der Waals surface area contributed by atoms with Crippen LogP contribution in [0.25, 0.3) is 0 Å². The van der Waals surface area contributed by atoms with Gasteiger partial charge in [0.15, 0.2) is 0 Å². The Morgan fingerprint density at radius 1 is 1.12 bits per heavy atom. The first-order valence-corrected chi connectivity index (χ1v) is 9.99. The van der Waals surface area contributed by atoms with Crippen LogP contribution >= 0.6 is 0 Å². The van der Waals surface area contributed by atoms with Crippen LogP contribution in [0.5, 0.6) is 5.75 Å². The number of nitrogens with zero attached hydrogens (tertiary/aromatic N) is 2. The van der Waals surface area contributed by atoms with E-state index in [0.717, 1.165) is 5.56 Å². The summed E-state index contributed by atoms with van der Waals surface area (Å²) in [5.74, 6) is 0.679. The van der Waals surface area contributed by atoms with Crippen molar-refractivity contribution in [3.8, 4) is 5.75 Å². The summed E-state index contributed by atoms with van der Waals surface area (Å²) in [5, 5.41) is -0.582. The molecule has 0 radical (unpaired) electrons. The zero-order chi connectivity index (χ0) is 18.7. The number of ether oxygens (including phenoxy) is 1. The van der Waals surface area contributed by atoms with E-state index >= 15 is 0 Å². The quantitative estimate of drug-likeness (QED) is 0.798. The van der Waals surface area contributed by atoms with Crippen molar-refractivity contribution >= 4 is 15.7 Å². The van der Waals surface area contributed by atoms with Gasteiger partial charge in [0.1, 0.15) is 11.0 Å². The summed E-state index contributed by atoms with van der Waals surface area (Å²) < 4.78 is 33.7. The molecule has 8 heteroatoms. The van der Waals surface area contributed by atoms with E-state index in [1.165, 1.54) is 4.31 Å². The first-order chi connectivity index (χ1) is 12.4. The molecule has 1 aliphatic heterocycles. The molecule has 1 aliphatic rings. The summed E-state index contributed by atoms with van der Waals surface area (Å²) in [6.45, 7) is 3.96. The van der Waals surface area contributed by atoms with E-state index in [4.69, 9.17) is 4.74 Å². The predicted octanol–water partition coefficient (Wildman–Crippen LogP) is 1.68. The molecule has 0 aliphatic carbocycles. The van der Waals surface area contributed by atoms with Crippen molar-refractivity contribution in [2.24, 2.45) is 0 Å². The Labute approximate surface area is 154 Å². The molecule has 2 unspecified atom stereocenters. The van der Waals surface area contributed by atoms with Crippen molar-refractivity contribution in [1.82, 2.24) is 15.8 Å². The lowest BCUT2D eigenvalue weighted by Crippen LogP contribution is -2.46. The minimum Gasteiger partial charge on any atom is -0.497 e. The second kappa shape index (κ2) is 7.61. The molecular weight excluding hydrogens is 352 g/mol. The second-order valence-electron chi connectivity index (χ2n) is 6.44. The molecule has 2 aromatic rings. The molecule has 1 fully saturated rings. The van der Waals surface area contributed by atoms with Crippen LogP contribution in [0.15, 0.2) is 48.8 Å². The van der Waals surface area contributed by atoms with Gasteiger partial charge in [0.05, 0.1) is 19.3 Å². The maximum absolute atomic E-state index is 13.5. The fourth-order valence-corrected chi connectivity index (χ4v) is 5.46. The molecule has 2 atom stereocenters. The molecule has 2 N–H and O–H groups in total. The first kappa shape index (κ1) is 18.6. The van der Waals surface area contributed by atoms with E-state index in [0.29, 0.717) is 11.4 Å². The number of hydrogen-bond donors (Lipinski definition) is 2. The summed E-state index contributed by atoms with van der Waals surface area (Å²) in [7, 11) is -2.05. The smallest absolute Gasteiger partial charge is 0.241 e. The van der Waals surface area contributed by atoms with E-state index in [1.807, 2.05) is 19.9 Å². The SMILES string of the molecule is COc1ccc(N(Cc2cccnc2)S(=O)(=O)C2C(C)NNC2C)cc1. The minimum absolute atomic E-state index is 0.204. The van der Waals surface area contributed by atoms with Crippen LogP contribution < -0.4 is 19.9 Å². The summed E-state index contributed by atoms with van der Waals surface area (Å²) in [6, 6.07) is 10.3. The van der Waals surface area contributed by atoms with Crippen LogP contribution in [-0.2, 0) is 16.6 Å². The highest BCUT2D eigenvalue weighted by Gasteiger charge is 2.43. The van der Waals surface area contributed by atoms with Crippen LogP contribution in [0.4, 0.5) is 5.69 Å². The number of pyridine rings is 1. The predicted molar refractivity (Wildman–Crippen MR) is 101 cm³/mol. The standard InChI is InChI=1S/C18H24N4O3S/c1-13-18(14(2)21-20-13)26(23,24)22(12-15-5-4-10-19-11-15)16-6-8-17(25-3)9-7-16/h4-11,13-14,18,20-21H,12H2,1-3H3. The zero-order valence-electron chi connectivity index (χ0n) is 15.1. The Kier molecular flexibility index (Phi) is 5.45. The molecule has 0 bridgehead atoms. The van der Waals surface area contributed by atoms with Gasteiger partial charge in [-0.05, 0) is 49.7 Å². The van der Waals surface area contributed by atoms with Crippen LogP contribution in [0.3, 0.4) is 0 Å². The number of sulfonamides is 1. The van der Waals surface area contributed by atoms with Gasteiger partial charge in [-0.25, -0.2) is 8.42 Å². The zero-order valence-corrected chi connectivity index (χ0v) is 15.9. The fourth-order valence-electron chi connectivity index (χ4n) is 3.26. The Morgan fingerprint density at radius 2 is 1.77 bits per heavy atom. The van der Waals surface area contributed by atoms with Crippen LogP contribution in [0, 0.1) is 0 Å². The minimum atomic E-state index is -3.63. The topological polar surface area (TPSA) is 83.6 Å². The maximum Gasteiger partial charge on any atom is 0.241 e. The monoisotopic (exact) mass is 376 g/mol. The maximum atomic E-state index is 13.5. The molecule has 2 heterocycles. The molecule has 1 aromatic carbocycles. The lowest BCUT2D eigenvalue weighted by atomic mass is 10.2. The average molecular weight is 376 g/mol. The lowest BCUT2D eigenvalue weighted by molar-refractivity contribution is 0.415.